The Labute approximate surface area is 107 Å². The van der Waals surface area contributed by atoms with E-state index in [1.165, 1.54) is 0 Å². The normalized spacial score (nSPS) is 23.9. The molecule has 0 aliphatic heterocycles. The van der Waals surface area contributed by atoms with Crippen LogP contribution < -0.4 is 0 Å². The first kappa shape index (κ1) is 18.1. The van der Waals surface area contributed by atoms with Gasteiger partial charge in [-0.25, -0.2) is 0 Å². The number of halogens is 3. The Morgan fingerprint density at radius 1 is 1.05 bits per heavy atom. The summed E-state index contributed by atoms with van der Waals surface area (Å²) >= 11 is 0. The van der Waals surface area contributed by atoms with E-state index in [4.69, 9.17) is 10.2 Å². The summed E-state index contributed by atoms with van der Waals surface area (Å²) in [4.78, 5) is 10.7. The number of rotatable bonds is 5. The fourth-order valence-electron chi connectivity index (χ4n) is 1.76. The number of hydrogen-bond donors (Lipinski definition) is 5. The van der Waals surface area contributed by atoms with Gasteiger partial charge in [0.1, 0.15) is 17.3 Å². The highest BCUT2D eigenvalue weighted by molar-refractivity contribution is 5.72. The first-order valence-electron chi connectivity index (χ1n) is 5.27. The van der Waals surface area contributed by atoms with Crippen LogP contribution in [0.5, 0.6) is 0 Å². The highest BCUT2D eigenvalue weighted by Crippen LogP contribution is 2.42. The molecule has 0 bridgehead atoms. The van der Waals surface area contributed by atoms with Crippen molar-refractivity contribution in [2.24, 2.45) is 5.92 Å². The molecule has 0 fully saturated rings. The van der Waals surface area contributed by atoms with Crippen molar-refractivity contribution in [2.75, 3.05) is 0 Å². The van der Waals surface area contributed by atoms with Crippen molar-refractivity contribution in [3.05, 3.63) is 0 Å². The Bertz CT molecular complexity index is 337. The zero-order chi connectivity index (χ0) is 15.8. The maximum absolute atomic E-state index is 12.7. The third-order valence-electron chi connectivity index (χ3n) is 3.19. The van der Waals surface area contributed by atoms with Crippen molar-refractivity contribution < 1.29 is 43.5 Å². The smallest absolute Gasteiger partial charge is 0.405 e. The first-order chi connectivity index (χ1) is 8.17. The molecule has 0 saturated heterocycles. The molecule has 6 nitrogen and oxygen atoms in total. The van der Waals surface area contributed by atoms with Gasteiger partial charge >= 0.3 is 12.1 Å². The van der Waals surface area contributed by atoms with Gasteiger partial charge in [-0.1, -0.05) is 0 Å². The van der Waals surface area contributed by atoms with E-state index in [-0.39, 0.29) is 0 Å². The Kier molecular flexibility index (Phi) is 4.99. The highest BCUT2D eigenvalue weighted by Gasteiger charge is 2.64. The highest BCUT2D eigenvalue weighted by atomic mass is 19.4. The van der Waals surface area contributed by atoms with Crippen molar-refractivity contribution in [2.45, 2.75) is 50.4 Å². The van der Waals surface area contributed by atoms with Gasteiger partial charge in [-0.15, -0.1) is 0 Å². The number of carboxylic acid groups (broad SMARTS) is 1. The number of alkyl halides is 3. The fourth-order valence-corrected chi connectivity index (χ4v) is 1.76. The lowest BCUT2D eigenvalue weighted by atomic mass is 9.71. The van der Waals surface area contributed by atoms with Crippen molar-refractivity contribution in [1.82, 2.24) is 0 Å². The predicted molar refractivity (Wildman–Crippen MR) is 56.1 cm³/mol. The van der Waals surface area contributed by atoms with Crippen LogP contribution in [0.4, 0.5) is 13.2 Å². The van der Waals surface area contributed by atoms with E-state index in [2.05, 4.69) is 0 Å². The molecule has 0 amide bonds. The summed E-state index contributed by atoms with van der Waals surface area (Å²) in [6.07, 6.45) is -9.20. The molecule has 114 valence electrons. The molecule has 19 heavy (non-hydrogen) atoms. The second-order valence-electron chi connectivity index (χ2n) is 4.79. The van der Waals surface area contributed by atoms with Gasteiger partial charge in [0.25, 0.3) is 0 Å². The summed E-state index contributed by atoms with van der Waals surface area (Å²) in [5, 5.41) is 46.8. The van der Waals surface area contributed by atoms with Crippen molar-refractivity contribution >= 4 is 5.97 Å². The maximum Gasteiger partial charge on any atom is 0.405 e. The number of carbonyl (C=O) groups is 1. The summed E-state index contributed by atoms with van der Waals surface area (Å²) in [5.74, 6) is -5.74. The van der Waals surface area contributed by atoms with Crippen LogP contribution >= 0.6 is 0 Å². The second-order valence-corrected chi connectivity index (χ2v) is 4.79. The summed E-state index contributed by atoms with van der Waals surface area (Å²) in [6.45, 7) is 2.02. The quantitative estimate of drug-likeness (QED) is 0.465. The lowest BCUT2D eigenvalue weighted by Gasteiger charge is -2.45. The van der Waals surface area contributed by atoms with Crippen LogP contribution in [0.15, 0.2) is 0 Å². The van der Waals surface area contributed by atoms with Crippen LogP contribution in [0.2, 0.25) is 0 Å². The van der Waals surface area contributed by atoms with Gasteiger partial charge in [-0.05, 0) is 20.8 Å². The van der Waals surface area contributed by atoms with Gasteiger partial charge in [-0.3, -0.25) is 4.79 Å². The lowest BCUT2D eigenvalue weighted by Crippen LogP contribution is -2.67. The van der Waals surface area contributed by atoms with E-state index in [0.29, 0.717) is 13.8 Å². The summed E-state index contributed by atoms with van der Waals surface area (Å²) in [6, 6.07) is 0. The molecule has 1 unspecified atom stereocenters. The lowest BCUT2D eigenvalue weighted by molar-refractivity contribution is -0.283. The van der Waals surface area contributed by atoms with E-state index in [1.54, 1.807) is 0 Å². The van der Waals surface area contributed by atoms with E-state index < -0.39 is 41.5 Å². The van der Waals surface area contributed by atoms with Crippen molar-refractivity contribution in [3.8, 4) is 0 Å². The van der Waals surface area contributed by atoms with Gasteiger partial charge in [0.2, 0.25) is 0 Å². The summed E-state index contributed by atoms with van der Waals surface area (Å²) in [5.41, 5.74) is -6.16. The molecule has 0 aromatic rings. The topological polar surface area (TPSA) is 118 Å². The molecule has 5 N–H and O–H groups in total. The van der Waals surface area contributed by atoms with Gasteiger partial charge in [0.15, 0.2) is 5.92 Å². The van der Waals surface area contributed by atoms with Crippen LogP contribution in [-0.2, 0) is 4.79 Å². The van der Waals surface area contributed by atoms with E-state index in [9.17, 15) is 33.3 Å². The van der Waals surface area contributed by atoms with Crippen LogP contribution in [0, 0.1) is 5.92 Å². The van der Waals surface area contributed by atoms with Gasteiger partial charge < -0.3 is 25.5 Å². The molecule has 5 atom stereocenters. The Morgan fingerprint density at radius 3 is 1.63 bits per heavy atom. The summed E-state index contributed by atoms with van der Waals surface area (Å²) < 4.78 is 38.0. The maximum atomic E-state index is 12.7. The van der Waals surface area contributed by atoms with Gasteiger partial charge in [0.05, 0.1) is 6.10 Å². The average molecular weight is 290 g/mol. The van der Waals surface area contributed by atoms with Gasteiger partial charge in [0, 0.05) is 0 Å². The Morgan fingerprint density at radius 2 is 1.42 bits per heavy atom. The molecule has 0 heterocycles. The zero-order valence-electron chi connectivity index (χ0n) is 10.5. The van der Waals surface area contributed by atoms with Crippen LogP contribution in [0.3, 0.4) is 0 Å². The van der Waals surface area contributed by atoms with E-state index >= 15 is 0 Å². The minimum Gasteiger partial charge on any atom is -0.481 e. The standard InChI is InChI=1S/C10H17F3O6/c1-4(14)6(15)9(3,19)8(2,18)5(7(16)17)10(11,12)13/h4-6,14-15,18-19H,1-3H3,(H,16,17)/t4?,5-,6+,8+,9+/m0/s1. The summed E-state index contributed by atoms with van der Waals surface area (Å²) in [7, 11) is 0. The molecule has 0 radical (unpaired) electrons. The third-order valence-corrected chi connectivity index (χ3v) is 3.19. The molecule has 9 heteroatoms. The average Bonchev–Trinajstić information content (AvgIpc) is 2.11. The minimum atomic E-state index is -5.35. The third kappa shape index (κ3) is 3.35. The van der Waals surface area contributed by atoms with Crippen molar-refractivity contribution in [3.63, 3.8) is 0 Å². The minimum absolute atomic E-state index is 0.435. The Balaban J connectivity index is 5.73. The monoisotopic (exact) mass is 290 g/mol. The molecule has 0 saturated carbocycles. The predicted octanol–water partition coefficient (Wildman–Crippen LogP) is -0.507. The van der Waals surface area contributed by atoms with Crippen molar-refractivity contribution in [1.29, 1.82) is 0 Å². The number of hydrogen-bond acceptors (Lipinski definition) is 5. The number of aliphatic hydroxyl groups excluding tert-OH is 2. The number of carboxylic acids is 1. The molecule has 0 rings (SSSR count). The number of aliphatic hydroxyl groups is 4. The molecule has 0 aromatic carbocycles. The van der Waals surface area contributed by atoms with E-state index in [1.807, 2.05) is 0 Å². The van der Waals surface area contributed by atoms with Crippen LogP contribution in [0.25, 0.3) is 0 Å². The van der Waals surface area contributed by atoms with Crippen LogP contribution in [0.1, 0.15) is 20.8 Å². The van der Waals surface area contributed by atoms with E-state index in [0.717, 1.165) is 6.92 Å². The SMILES string of the molecule is CC(O)[C@@H](O)[C@@](C)(O)[C@](C)(O)[C@H](C(=O)O)C(F)(F)F. The molecular weight excluding hydrogens is 273 g/mol. The molecular formula is C10H17F3O6. The first-order valence-corrected chi connectivity index (χ1v) is 5.27. The largest absolute Gasteiger partial charge is 0.481 e. The van der Waals surface area contributed by atoms with Gasteiger partial charge in [-0.2, -0.15) is 13.2 Å². The Hall–Kier alpha value is -0.900. The molecule has 0 aromatic heterocycles. The molecule has 0 aliphatic rings. The number of aliphatic carboxylic acids is 1. The molecule has 0 spiro atoms. The molecule has 0 aliphatic carbocycles. The zero-order valence-corrected chi connectivity index (χ0v) is 10.5. The fraction of sp³-hybridized carbons (Fsp3) is 0.900. The second kappa shape index (κ2) is 5.23. The van der Waals surface area contributed by atoms with Crippen LogP contribution in [-0.4, -0.2) is 61.1 Å².